The normalized spacial score (nSPS) is 16.4. The average Bonchev–Trinajstić information content (AvgIpc) is 3.27. The molecule has 3 aromatic rings. The van der Waals surface area contributed by atoms with E-state index in [1.54, 1.807) is 4.90 Å². The van der Waals surface area contributed by atoms with Crippen molar-refractivity contribution >= 4 is 45.2 Å². The third-order valence-corrected chi connectivity index (χ3v) is 11.0. The number of para-hydroxylation sites is 2. The highest BCUT2D eigenvalue weighted by Gasteiger charge is 2.28. The lowest BCUT2D eigenvalue weighted by Crippen LogP contribution is -2.45. The Balaban J connectivity index is 0.000000349. The summed E-state index contributed by atoms with van der Waals surface area (Å²) in [6.07, 6.45) is 7.73. The van der Waals surface area contributed by atoms with Crippen LogP contribution in [-0.2, 0) is 20.9 Å². The van der Waals surface area contributed by atoms with E-state index in [2.05, 4.69) is 48.5 Å². The topological polar surface area (TPSA) is 73.4 Å². The summed E-state index contributed by atoms with van der Waals surface area (Å²) in [7, 11) is 0. The molecule has 59 heavy (non-hydrogen) atoms. The van der Waals surface area contributed by atoms with Gasteiger partial charge in [-0.25, -0.2) is 4.79 Å². The zero-order chi connectivity index (χ0) is 43.4. The van der Waals surface area contributed by atoms with Crippen molar-refractivity contribution in [1.82, 2.24) is 9.80 Å². The fraction of sp³-hybridized carbons (Fsp3) is 0.580. The van der Waals surface area contributed by atoms with Crippen LogP contribution in [0.2, 0.25) is 0 Å². The summed E-state index contributed by atoms with van der Waals surface area (Å²) in [6.45, 7) is 23.5. The molecule has 0 saturated carbocycles. The first-order valence-electron chi connectivity index (χ1n) is 22.5. The maximum atomic E-state index is 12.5. The number of carbonyl (C=O) groups excluding carboxylic acids is 3. The van der Waals surface area contributed by atoms with Gasteiger partial charge in [0.1, 0.15) is 6.61 Å². The summed E-state index contributed by atoms with van der Waals surface area (Å²) < 4.78 is 5.48. The molecular weight excluding hydrogens is 800 g/mol. The molecule has 3 aromatic carbocycles. The summed E-state index contributed by atoms with van der Waals surface area (Å²) in [4.78, 5) is 45.6. The third-order valence-electron chi connectivity index (χ3n) is 10.5. The SMILES string of the molecule is CC.CC(C)CCBr.CCC(=O)N(C[C@@H]1CCCN(C(=O)OCc2ccccc2)C1)c1ccccc1.CCC(=O)N(C[C@@H]1CCCN(CCC(C)C)C1)c1ccccc1. The fourth-order valence-electron chi connectivity index (χ4n) is 7.17. The van der Waals surface area contributed by atoms with E-state index in [1.807, 2.05) is 128 Å². The first-order chi connectivity index (χ1) is 28.5. The molecule has 2 atom stereocenters. The molecule has 2 aliphatic heterocycles. The Hall–Kier alpha value is -3.69. The summed E-state index contributed by atoms with van der Waals surface area (Å²) in [6, 6.07) is 29.6. The molecule has 9 heteroatoms. The Kier molecular flexibility index (Phi) is 26.5. The van der Waals surface area contributed by atoms with Gasteiger partial charge in [-0.3, -0.25) is 9.59 Å². The Bertz CT molecular complexity index is 1540. The second-order valence-electron chi connectivity index (χ2n) is 16.2. The van der Waals surface area contributed by atoms with Crippen LogP contribution < -0.4 is 9.80 Å². The molecule has 2 aliphatic rings. The number of carbonyl (C=O) groups is 3. The number of amides is 3. The minimum atomic E-state index is -0.276. The van der Waals surface area contributed by atoms with E-state index < -0.39 is 0 Å². The van der Waals surface area contributed by atoms with E-state index in [0.717, 1.165) is 60.0 Å². The van der Waals surface area contributed by atoms with Crippen molar-refractivity contribution in [3.8, 4) is 0 Å². The second kappa shape index (κ2) is 30.4. The molecule has 0 N–H and O–H groups in total. The van der Waals surface area contributed by atoms with Gasteiger partial charge in [-0.05, 0) is 105 Å². The molecule has 328 valence electrons. The molecule has 0 spiro atoms. The third kappa shape index (κ3) is 20.4. The number of nitrogens with zero attached hydrogens (tertiary/aromatic N) is 4. The van der Waals surface area contributed by atoms with E-state index in [9.17, 15) is 14.4 Å². The van der Waals surface area contributed by atoms with E-state index in [0.29, 0.717) is 38.4 Å². The Morgan fingerprint density at radius 1 is 0.678 bits per heavy atom. The van der Waals surface area contributed by atoms with Crippen LogP contribution in [0.5, 0.6) is 0 Å². The Morgan fingerprint density at radius 2 is 1.14 bits per heavy atom. The average molecular weight is 878 g/mol. The maximum Gasteiger partial charge on any atom is 0.410 e. The van der Waals surface area contributed by atoms with Crippen LogP contribution in [0, 0.1) is 23.7 Å². The van der Waals surface area contributed by atoms with E-state index in [4.69, 9.17) is 4.74 Å². The zero-order valence-corrected chi connectivity index (χ0v) is 39.4. The molecule has 0 aromatic heterocycles. The van der Waals surface area contributed by atoms with Crippen molar-refractivity contribution in [3.05, 3.63) is 96.6 Å². The minimum absolute atomic E-state index is 0.106. The number of hydrogen-bond acceptors (Lipinski definition) is 5. The highest BCUT2D eigenvalue weighted by molar-refractivity contribution is 9.09. The van der Waals surface area contributed by atoms with Crippen molar-refractivity contribution in [3.63, 3.8) is 0 Å². The van der Waals surface area contributed by atoms with E-state index >= 15 is 0 Å². The number of hydrogen-bond donors (Lipinski definition) is 0. The zero-order valence-electron chi connectivity index (χ0n) is 37.8. The van der Waals surface area contributed by atoms with Gasteiger partial charge >= 0.3 is 6.09 Å². The van der Waals surface area contributed by atoms with Gasteiger partial charge < -0.3 is 24.3 Å². The monoisotopic (exact) mass is 877 g/mol. The van der Waals surface area contributed by atoms with Crippen LogP contribution in [0.1, 0.15) is 112 Å². The highest BCUT2D eigenvalue weighted by atomic mass is 79.9. The number of ether oxygens (including phenoxy) is 1. The predicted octanol–water partition coefficient (Wildman–Crippen LogP) is 12.1. The maximum absolute atomic E-state index is 12.5. The smallest absolute Gasteiger partial charge is 0.410 e. The molecular formula is C50H77BrN4O4. The van der Waals surface area contributed by atoms with Crippen molar-refractivity contribution in [1.29, 1.82) is 0 Å². The molecule has 3 amide bonds. The molecule has 0 bridgehead atoms. The quantitative estimate of drug-likeness (QED) is 0.142. The van der Waals surface area contributed by atoms with Crippen molar-refractivity contribution in [2.45, 2.75) is 113 Å². The summed E-state index contributed by atoms with van der Waals surface area (Å²) >= 11 is 3.35. The molecule has 5 rings (SSSR count). The van der Waals surface area contributed by atoms with Crippen LogP contribution in [0.3, 0.4) is 0 Å². The summed E-state index contributed by atoms with van der Waals surface area (Å²) in [5.41, 5.74) is 2.94. The van der Waals surface area contributed by atoms with Crippen LogP contribution in [0.25, 0.3) is 0 Å². The largest absolute Gasteiger partial charge is 0.445 e. The molecule has 0 radical (unpaired) electrons. The number of benzene rings is 3. The molecule has 2 fully saturated rings. The number of likely N-dealkylation sites (tertiary alicyclic amines) is 2. The van der Waals surface area contributed by atoms with Crippen molar-refractivity contribution in [2.24, 2.45) is 23.7 Å². The van der Waals surface area contributed by atoms with Gasteiger partial charge in [-0.1, -0.05) is 138 Å². The van der Waals surface area contributed by atoms with E-state index in [-0.39, 0.29) is 30.4 Å². The lowest BCUT2D eigenvalue weighted by molar-refractivity contribution is -0.119. The summed E-state index contributed by atoms with van der Waals surface area (Å²) in [5, 5.41) is 1.14. The lowest BCUT2D eigenvalue weighted by atomic mass is 9.96. The molecule has 0 aliphatic carbocycles. The lowest BCUT2D eigenvalue weighted by Gasteiger charge is -2.36. The standard InChI is InChI=1S/C23H28N2O3.C20H32N2O.C5H11Br.C2H6/c1-2-22(26)25(21-13-7-4-8-14-21)17-20-12-9-15-24(16-20)23(27)28-18-19-10-5-3-6-11-19;1-4-20(23)22(19-10-6-5-7-11-19)16-18-9-8-13-21(15-18)14-12-17(2)3;1-5(2)3-4-6;1-2/h3-8,10-11,13-14,20H,2,9,12,15-18H2,1H3;5-7,10-11,17-18H,4,8-9,12-16H2,1-3H3;5H,3-4H2,1-2H3;1-2H3/t20-;18-;;/m11../s1. The molecule has 8 nitrogen and oxygen atoms in total. The van der Waals surface area contributed by atoms with Gasteiger partial charge in [0.05, 0.1) is 0 Å². The first-order valence-corrected chi connectivity index (χ1v) is 23.6. The van der Waals surface area contributed by atoms with Gasteiger partial charge in [0.15, 0.2) is 0 Å². The number of rotatable bonds is 15. The fourth-order valence-corrected chi connectivity index (χ4v) is 8.09. The Morgan fingerprint density at radius 3 is 1.58 bits per heavy atom. The summed E-state index contributed by atoms with van der Waals surface area (Å²) in [5.74, 6) is 2.79. The van der Waals surface area contributed by atoms with Gasteiger partial charge in [0.2, 0.25) is 11.8 Å². The highest BCUT2D eigenvalue weighted by Crippen LogP contribution is 2.24. The second-order valence-corrected chi connectivity index (χ2v) is 17.0. The van der Waals surface area contributed by atoms with Crippen LogP contribution in [-0.4, -0.2) is 78.9 Å². The predicted molar refractivity (Wildman–Crippen MR) is 252 cm³/mol. The van der Waals surface area contributed by atoms with Gasteiger partial charge in [0.25, 0.3) is 0 Å². The Labute approximate surface area is 367 Å². The minimum Gasteiger partial charge on any atom is -0.445 e. The number of halogens is 1. The molecule has 0 unspecified atom stereocenters. The van der Waals surface area contributed by atoms with Gasteiger partial charge in [-0.2, -0.15) is 0 Å². The number of anilines is 2. The van der Waals surface area contributed by atoms with Crippen molar-refractivity contribution in [2.75, 3.05) is 60.9 Å². The number of piperidine rings is 2. The molecule has 2 saturated heterocycles. The van der Waals surface area contributed by atoms with Crippen LogP contribution in [0.4, 0.5) is 16.2 Å². The van der Waals surface area contributed by atoms with Gasteiger partial charge in [-0.15, -0.1) is 0 Å². The van der Waals surface area contributed by atoms with Crippen LogP contribution in [0.15, 0.2) is 91.0 Å². The van der Waals surface area contributed by atoms with Crippen molar-refractivity contribution < 1.29 is 19.1 Å². The van der Waals surface area contributed by atoms with Crippen LogP contribution >= 0.6 is 15.9 Å². The van der Waals surface area contributed by atoms with E-state index in [1.165, 1.54) is 38.8 Å². The number of alkyl halides is 1. The molecule has 2 heterocycles. The van der Waals surface area contributed by atoms with Gasteiger partial charge in [0, 0.05) is 62.3 Å². The first kappa shape index (κ1) is 51.5.